The van der Waals surface area contributed by atoms with Crippen LogP contribution in [-0.2, 0) is 0 Å². The van der Waals surface area contributed by atoms with Gasteiger partial charge in [0.2, 0.25) is 5.88 Å². The van der Waals surface area contributed by atoms with Crippen molar-refractivity contribution < 1.29 is 4.74 Å². The molecule has 0 radical (unpaired) electrons. The van der Waals surface area contributed by atoms with Crippen molar-refractivity contribution in [1.82, 2.24) is 15.3 Å². The molecule has 2 rings (SSSR count). The van der Waals surface area contributed by atoms with Crippen LogP contribution < -0.4 is 20.9 Å². The van der Waals surface area contributed by atoms with Crippen LogP contribution in [0, 0.1) is 6.92 Å². The van der Waals surface area contributed by atoms with E-state index in [1.54, 1.807) is 6.92 Å². The maximum Gasteiger partial charge on any atom is 0.278 e. The van der Waals surface area contributed by atoms with Gasteiger partial charge in [-0.15, -0.1) is 0 Å². The predicted octanol–water partition coefficient (Wildman–Crippen LogP) is -0.542. The molecule has 0 atom stereocenters. The van der Waals surface area contributed by atoms with Gasteiger partial charge in [-0.3, -0.25) is 9.79 Å². The minimum absolute atomic E-state index is 0.262. The third kappa shape index (κ3) is 1.97. The first-order valence-corrected chi connectivity index (χ1v) is 4.91. The van der Waals surface area contributed by atoms with E-state index in [1.165, 1.54) is 7.11 Å². The zero-order chi connectivity index (χ0) is 11.5. The van der Waals surface area contributed by atoms with Gasteiger partial charge in [-0.1, -0.05) is 0 Å². The maximum absolute atomic E-state index is 11.7. The van der Waals surface area contributed by atoms with Crippen molar-refractivity contribution in [3.8, 4) is 5.88 Å². The number of anilines is 1. The van der Waals surface area contributed by atoms with E-state index in [0.717, 1.165) is 6.54 Å². The molecule has 0 spiro atoms. The van der Waals surface area contributed by atoms with Crippen molar-refractivity contribution in [2.24, 2.45) is 4.99 Å². The number of aromatic nitrogens is 2. The molecule has 0 bridgehead atoms. The van der Waals surface area contributed by atoms with E-state index < -0.39 is 0 Å². The zero-order valence-corrected chi connectivity index (χ0v) is 9.13. The molecule has 7 nitrogen and oxygen atoms in total. The van der Waals surface area contributed by atoms with Gasteiger partial charge in [-0.2, -0.15) is 4.98 Å². The minimum atomic E-state index is -0.277. The van der Waals surface area contributed by atoms with Gasteiger partial charge in [-0.25, -0.2) is 0 Å². The molecular weight excluding hydrogens is 210 g/mol. The van der Waals surface area contributed by atoms with Crippen LogP contribution in [0.2, 0.25) is 0 Å². The number of hydrogen-bond donors (Lipinski definition) is 3. The summed E-state index contributed by atoms with van der Waals surface area (Å²) >= 11 is 0. The predicted molar refractivity (Wildman–Crippen MR) is 60.1 cm³/mol. The standard InChI is InChI=1S/C9H13N5O2/c1-5-12-7(15)6(8(13-5)16-2)14-9-10-3-4-11-9/h3-4H2,1-2H3,(H2,10,11,14)(H,12,13,15). The molecule has 1 aliphatic rings. The van der Waals surface area contributed by atoms with Crippen molar-refractivity contribution >= 4 is 11.6 Å². The largest absolute Gasteiger partial charge is 0.479 e. The number of hydrogen-bond acceptors (Lipinski definition) is 6. The van der Waals surface area contributed by atoms with E-state index in [1.807, 2.05) is 0 Å². The lowest BCUT2D eigenvalue weighted by molar-refractivity contribution is 0.397. The fourth-order valence-corrected chi connectivity index (χ4v) is 1.42. The average molecular weight is 223 g/mol. The number of methoxy groups -OCH3 is 1. The van der Waals surface area contributed by atoms with Gasteiger partial charge in [0.15, 0.2) is 11.6 Å². The first-order chi connectivity index (χ1) is 7.70. The van der Waals surface area contributed by atoms with Gasteiger partial charge in [0.1, 0.15) is 5.82 Å². The number of H-pyrrole nitrogens is 1. The number of rotatable bonds is 2. The van der Waals surface area contributed by atoms with E-state index in [-0.39, 0.29) is 17.1 Å². The fraction of sp³-hybridized carbons (Fsp3) is 0.444. The molecule has 3 N–H and O–H groups in total. The number of aliphatic imine (C=N–C) groups is 1. The van der Waals surface area contributed by atoms with Crippen LogP contribution in [0.25, 0.3) is 0 Å². The molecule has 1 aromatic heterocycles. The molecule has 0 fully saturated rings. The van der Waals surface area contributed by atoms with E-state index in [2.05, 4.69) is 25.6 Å². The van der Waals surface area contributed by atoms with Crippen LogP contribution in [-0.4, -0.2) is 36.1 Å². The zero-order valence-electron chi connectivity index (χ0n) is 9.13. The second-order valence-electron chi connectivity index (χ2n) is 3.32. The molecule has 0 aromatic carbocycles. The molecular formula is C9H13N5O2. The van der Waals surface area contributed by atoms with Crippen molar-refractivity contribution in [2.45, 2.75) is 6.92 Å². The quantitative estimate of drug-likeness (QED) is 0.626. The van der Waals surface area contributed by atoms with E-state index >= 15 is 0 Å². The second-order valence-corrected chi connectivity index (χ2v) is 3.32. The molecule has 2 heterocycles. The van der Waals surface area contributed by atoms with E-state index in [0.29, 0.717) is 18.3 Å². The summed E-state index contributed by atoms with van der Waals surface area (Å²) in [4.78, 5) is 22.5. The lowest BCUT2D eigenvalue weighted by Crippen LogP contribution is -2.30. The lowest BCUT2D eigenvalue weighted by Gasteiger charge is -2.09. The number of aromatic amines is 1. The highest BCUT2D eigenvalue weighted by molar-refractivity contribution is 5.95. The van der Waals surface area contributed by atoms with Crippen LogP contribution in [0.5, 0.6) is 5.88 Å². The van der Waals surface area contributed by atoms with Crippen LogP contribution in [0.15, 0.2) is 9.79 Å². The lowest BCUT2D eigenvalue weighted by atomic mass is 10.4. The molecule has 1 aliphatic heterocycles. The Bertz CT molecular complexity index is 479. The summed E-state index contributed by atoms with van der Waals surface area (Å²) in [6.07, 6.45) is 0. The summed E-state index contributed by atoms with van der Waals surface area (Å²) < 4.78 is 5.04. The fourth-order valence-electron chi connectivity index (χ4n) is 1.42. The van der Waals surface area contributed by atoms with Crippen molar-refractivity contribution in [3.05, 3.63) is 16.2 Å². The average Bonchev–Trinajstić information content (AvgIpc) is 2.74. The van der Waals surface area contributed by atoms with Crippen LogP contribution in [0.1, 0.15) is 5.82 Å². The molecule has 0 saturated carbocycles. The van der Waals surface area contributed by atoms with Gasteiger partial charge in [-0.05, 0) is 6.92 Å². The monoisotopic (exact) mass is 223 g/mol. The Labute approximate surface area is 92.0 Å². The van der Waals surface area contributed by atoms with Gasteiger partial charge >= 0.3 is 0 Å². The first kappa shape index (κ1) is 10.5. The number of guanidine groups is 1. The van der Waals surface area contributed by atoms with Gasteiger partial charge in [0, 0.05) is 6.54 Å². The molecule has 0 saturated heterocycles. The number of aryl methyl sites for hydroxylation is 1. The highest BCUT2D eigenvalue weighted by Crippen LogP contribution is 2.15. The number of ether oxygens (including phenoxy) is 1. The van der Waals surface area contributed by atoms with Crippen molar-refractivity contribution in [2.75, 3.05) is 25.5 Å². The normalized spacial score (nSPS) is 14.2. The summed E-state index contributed by atoms with van der Waals surface area (Å²) in [5, 5.41) is 5.86. The second kappa shape index (κ2) is 4.21. The summed E-state index contributed by atoms with van der Waals surface area (Å²) in [5.41, 5.74) is -0.0120. The molecule has 0 aliphatic carbocycles. The molecule has 0 amide bonds. The Morgan fingerprint density at radius 2 is 2.31 bits per heavy atom. The van der Waals surface area contributed by atoms with Gasteiger partial charge in [0.25, 0.3) is 5.56 Å². The molecule has 16 heavy (non-hydrogen) atoms. The Morgan fingerprint density at radius 3 is 2.94 bits per heavy atom. The van der Waals surface area contributed by atoms with Crippen molar-refractivity contribution in [3.63, 3.8) is 0 Å². The van der Waals surface area contributed by atoms with Crippen LogP contribution >= 0.6 is 0 Å². The summed E-state index contributed by atoms with van der Waals surface area (Å²) in [6, 6.07) is 0. The minimum Gasteiger partial charge on any atom is -0.479 e. The summed E-state index contributed by atoms with van der Waals surface area (Å²) in [5.74, 6) is 1.33. The third-order valence-corrected chi connectivity index (χ3v) is 2.12. The first-order valence-electron chi connectivity index (χ1n) is 4.91. The van der Waals surface area contributed by atoms with Crippen LogP contribution in [0.3, 0.4) is 0 Å². The Balaban J connectivity index is 2.35. The molecule has 7 heteroatoms. The summed E-state index contributed by atoms with van der Waals surface area (Å²) in [6.45, 7) is 3.16. The Morgan fingerprint density at radius 1 is 1.50 bits per heavy atom. The SMILES string of the molecule is COc1nc(C)[nH]c(=O)c1NC1=NCCN1. The van der Waals surface area contributed by atoms with E-state index in [4.69, 9.17) is 4.74 Å². The van der Waals surface area contributed by atoms with Gasteiger partial charge in [0.05, 0.1) is 13.7 Å². The smallest absolute Gasteiger partial charge is 0.278 e. The Hall–Kier alpha value is -2.05. The number of nitrogens with zero attached hydrogens (tertiary/aromatic N) is 2. The molecule has 1 aromatic rings. The topological polar surface area (TPSA) is 91.4 Å². The maximum atomic E-state index is 11.7. The van der Waals surface area contributed by atoms with E-state index in [9.17, 15) is 4.79 Å². The summed E-state index contributed by atoms with van der Waals surface area (Å²) in [7, 11) is 1.47. The number of nitrogens with one attached hydrogen (secondary N) is 3. The molecule has 86 valence electrons. The third-order valence-electron chi connectivity index (χ3n) is 2.12. The molecule has 0 unspecified atom stereocenters. The highest BCUT2D eigenvalue weighted by Gasteiger charge is 2.14. The Kier molecular flexibility index (Phi) is 2.76. The van der Waals surface area contributed by atoms with Crippen molar-refractivity contribution in [1.29, 1.82) is 0 Å². The van der Waals surface area contributed by atoms with Crippen LogP contribution in [0.4, 0.5) is 5.69 Å². The highest BCUT2D eigenvalue weighted by atomic mass is 16.5. The van der Waals surface area contributed by atoms with Gasteiger partial charge < -0.3 is 20.4 Å².